The number of nitrogens with zero attached hydrogens (tertiary/aromatic N) is 2. The fourth-order valence-electron chi connectivity index (χ4n) is 1.36. The quantitative estimate of drug-likeness (QED) is 0.550. The molecule has 4 N–H and O–H groups in total. The summed E-state index contributed by atoms with van der Waals surface area (Å²) < 4.78 is 0. The van der Waals surface area contributed by atoms with Crippen LogP contribution in [0.3, 0.4) is 0 Å². The molecule has 5 nitrogen and oxygen atoms in total. The van der Waals surface area contributed by atoms with Crippen molar-refractivity contribution in [3.05, 3.63) is 0 Å². The van der Waals surface area contributed by atoms with Crippen molar-refractivity contribution < 1.29 is 4.79 Å². The second-order valence-corrected chi connectivity index (χ2v) is 4.06. The van der Waals surface area contributed by atoms with Gasteiger partial charge in [0.2, 0.25) is 5.91 Å². The maximum atomic E-state index is 10.8. The van der Waals surface area contributed by atoms with Gasteiger partial charge in [0.1, 0.15) is 0 Å². The molecule has 0 heterocycles. The highest BCUT2D eigenvalue weighted by Crippen LogP contribution is 1.94. The number of carbonyl (C=O) groups is 1. The molecule has 0 aromatic rings. The first-order chi connectivity index (χ1) is 6.97. The third-order valence-corrected chi connectivity index (χ3v) is 2.35. The van der Waals surface area contributed by atoms with E-state index in [1.54, 1.807) is 0 Å². The van der Waals surface area contributed by atoms with Crippen molar-refractivity contribution in [3.8, 4) is 0 Å². The summed E-state index contributed by atoms with van der Waals surface area (Å²) in [4.78, 5) is 15.1. The second-order valence-electron chi connectivity index (χ2n) is 4.06. The zero-order chi connectivity index (χ0) is 11.8. The normalized spacial score (nSPS) is 13.5. The van der Waals surface area contributed by atoms with Gasteiger partial charge >= 0.3 is 0 Å². The fourth-order valence-corrected chi connectivity index (χ4v) is 1.36. The largest absolute Gasteiger partial charge is 0.368 e. The molecule has 0 aliphatic rings. The molecule has 0 saturated carbocycles. The van der Waals surface area contributed by atoms with Gasteiger partial charge in [-0.3, -0.25) is 4.79 Å². The van der Waals surface area contributed by atoms with Gasteiger partial charge in [0, 0.05) is 6.54 Å². The predicted octanol–water partition coefficient (Wildman–Crippen LogP) is -0.927. The fraction of sp³-hybridized carbons (Fsp3) is 0.900. The number of primary amides is 1. The van der Waals surface area contributed by atoms with Crippen molar-refractivity contribution in [3.63, 3.8) is 0 Å². The molecule has 15 heavy (non-hydrogen) atoms. The van der Waals surface area contributed by atoms with Gasteiger partial charge < -0.3 is 21.3 Å². The van der Waals surface area contributed by atoms with Gasteiger partial charge in [-0.15, -0.1) is 0 Å². The van der Waals surface area contributed by atoms with E-state index in [9.17, 15) is 4.79 Å². The Balaban J connectivity index is 3.77. The summed E-state index contributed by atoms with van der Waals surface area (Å²) in [7, 11) is 4.09. The van der Waals surface area contributed by atoms with Crippen LogP contribution in [0.5, 0.6) is 0 Å². The minimum absolute atomic E-state index is 0.430. The van der Waals surface area contributed by atoms with Gasteiger partial charge in [-0.05, 0) is 40.2 Å². The minimum Gasteiger partial charge on any atom is -0.368 e. The number of likely N-dealkylation sites (N-methyl/N-ethyl adjacent to an activating group) is 1. The van der Waals surface area contributed by atoms with E-state index in [1.165, 1.54) is 0 Å². The number of nitrogens with two attached hydrogens (primary N) is 2. The van der Waals surface area contributed by atoms with Crippen LogP contribution in [0.1, 0.15) is 13.3 Å². The molecule has 1 atom stereocenters. The molecule has 90 valence electrons. The lowest BCUT2D eigenvalue weighted by molar-refractivity contribution is -0.119. The van der Waals surface area contributed by atoms with Crippen LogP contribution in [0.4, 0.5) is 0 Å². The lowest BCUT2D eigenvalue weighted by atomic mass is 10.2. The third kappa shape index (κ3) is 7.30. The molecule has 0 aromatic heterocycles. The van der Waals surface area contributed by atoms with E-state index in [0.717, 1.165) is 26.1 Å². The number of hydrogen-bond acceptors (Lipinski definition) is 4. The average Bonchev–Trinajstić information content (AvgIpc) is 2.15. The van der Waals surface area contributed by atoms with Crippen molar-refractivity contribution in [2.24, 2.45) is 11.5 Å². The zero-order valence-electron chi connectivity index (χ0n) is 10.1. The molecule has 0 aliphatic heterocycles. The van der Waals surface area contributed by atoms with Crippen LogP contribution in [0, 0.1) is 0 Å². The van der Waals surface area contributed by atoms with E-state index < -0.39 is 11.9 Å². The van der Waals surface area contributed by atoms with Crippen molar-refractivity contribution in [2.75, 3.05) is 40.3 Å². The van der Waals surface area contributed by atoms with Crippen molar-refractivity contribution >= 4 is 5.91 Å². The summed E-state index contributed by atoms with van der Waals surface area (Å²) in [6.07, 6.45) is 1.08. The summed E-state index contributed by atoms with van der Waals surface area (Å²) in [5.41, 5.74) is 10.7. The maximum Gasteiger partial charge on any atom is 0.235 e. The standard InChI is InChI=1S/C10H24N4O/c1-4-14(7-5-6-13(2)3)8-9(11)10(12)15/h9H,4-8,11H2,1-3H3,(H2,12,15). The first-order valence-corrected chi connectivity index (χ1v) is 5.39. The molecule has 0 spiro atoms. The van der Waals surface area contributed by atoms with Crippen LogP contribution in [0.25, 0.3) is 0 Å². The average molecular weight is 216 g/mol. The van der Waals surface area contributed by atoms with Gasteiger partial charge in [0.15, 0.2) is 0 Å². The molecule has 0 bridgehead atoms. The third-order valence-electron chi connectivity index (χ3n) is 2.35. The first-order valence-electron chi connectivity index (χ1n) is 5.39. The number of rotatable bonds is 8. The minimum atomic E-state index is -0.552. The summed E-state index contributed by atoms with van der Waals surface area (Å²) in [5, 5.41) is 0. The molecule has 0 aromatic carbocycles. The van der Waals surface area contributed by atoms with E-state index >= 15 is 0 Å². The van der Waals surface area contributed by atoms with E-state index in [1.807, 2.05) is 14.1 Å². The monoisotopic (exact) mass is 216 g/mol. The number of amides is 1. The lowest BCUT2D eigenvalue weighted by Crippen LogP contribution is -2.46. The second kappa shape index (κ2) is 7.62. The Morgan fingerprint density at radius 2 is 1.93 bits per heavy atom. The molecule has 0 fully saturated rings. The van der Waals surface area contributed by atoms with Crippen molar-refractivity contribution in [1.82, 2.24) is 9.80 Å². The molecule has 5 heteroatoms. The molecular formula is C10H24N4O. The Morgan fingerprint density at radius 1 is 1.33 bits per heavy atom. The van der Waals surface area contributed by atoms with Gasteiger partial charge in [0.05, 0.1) is 6.04 Å². The van der Waals surface area contributed by atoms with Gasteiger partial charge in [0.25, 0.3) is 0 Å². The lowest BCUT2D eigenvalue weighted by Gasteiger charge is -2.23. The Morgan fingerprint density at radius 3 is 2.33 bits per heavy atom. The Bertz CT molecular complexity index is 184. The zero-order valence-corrected chi connectivity index (χ0v) is 10.1. The first kappa shape index (κ1) is 14.3. The van der Waals surface area contributed by atoms with Crippen molar-refractivity contribution in [2.45, 2.75) is 19.4 Å². The summed E-state index contributed by atoms with van der Waals surface area (Å²) >= 11 is 0. The van der Waals surface area contributed by atoms with Crippen molar-refractivity contribution in [1.29, 1.82) is 0 Å². The van der Waals surface area contributed by atoms with Crippen LogP contribution >= 0.6 is 0 Å². The van der Waals surface area contributed by atoms with E-state index in [4.69, 9.17) is 11.5 Å². The summed E-state index contributed by atoms with van der Waals surface area (Å²) in [6.45, 7) is 5.51. The van der Waals surface area contributed by atoms with Crippen LogP contribution in [-0.2, 0) is 4.79 Å². The maximum absolute atomic E-state index is 10.8. The Kier molecular flexibility index (Phi) is 7.29. The summed E-state index contributed by atoms with van der Waals surface area (Å²) in [6, 6.07) is -0.552. The molecule has 1 amide bonds. The molecule has 1 unspecified atom stereocenters. The van der Waals surface area contributed by atoms with Gasteiger partial charge in [-0.1, -0.05) is 6.92 Å². The van der Waals surface area contributed by atoms with Gasteiger partial charge in [-0.25, -0.2) is 0 Å². The number of carbonyl (C=O) groups excluding carboxylic acids is 1. The van der Waals surface area contributed by atoms with E-state index in [2.05, 4.69) is 16.7 Å². The van der Waals surface area contributed by atoms with Crippen LogP contribution in [0.2, 0.25) is 0 Å². The highest BCUT2D eigenvalue weighted by atomic mass is 16.1. The molecule has 0 aliphatic carbocycles. The predicted molar refractivity (Wildman–Crippen MR) is 62.5 cm³/mol. The molecule has 0 radical (unpaired) electrons. The molecule has 0 rings (SSSR count). The number of hydrogen-bond donors (Lipinski definition) is 2. The van der Waals surface area contributed by atoms with Crippen LogP contribution in [-0.4, -0.2) is 62.0 Å². The van der Waals surface area contributed by atoms with Gasteiger partial charge in [-0.2, -0.15) is 0 Å². The highest BCUT2D eigenvalue weighted by molar-refractivity contribution is 5.79. The summed E-state index contributed by atoms with van der Waals surface area (Å²) in [5.74, 6) is -0.430. The van der Waals surface area contributed by atoms with E-state index in [0.29, 0.717) is 6.54 Å². The molecule has 0 saturated heterocycles. The highest BCUT2D eigenvalue weighted by Gasteiger charge is 2.13. The van der Waals surface area contributed by atoms with E-state index in [-0.39, 0.29) is 0 Å². The Labute approximate surface area is 92.4 Å². The SMILES string of the molecule is CCN(CCCN(C)C)CC(N)C(N)=O. The van der Waals surface area contributed by atoms with Crippen LogP contribution < -0.4 is 11.5 Å². The Hall–Kier alpha value is -0.650. The molecular weight excluding hydrogens is 192 g/mol. The topological polar surface area (TPSA) is 75.6 Å². The van der Waals surface area contributed by atoms with Crippen LogP contribution in [0.15, 0.2) is 0 Å². The smallest absolute Gasteiger partial charge is 0.235 e.